The number of halogens is 1. The Bertz CT molecular complexity index is 922. The zero-order valence-electron chi connectivity index (χ0n) is 14.5. The van der Waals surface area contributed by atoms with E-state index >= 15 is 0 Å². The summed E-state index contributed by atoms with van der Waals surface area (Å²) in [5.41, 5.74) is 1.69. The molecular weight excluding hydrogens is 372 g/mol. The van der Waals surface area contributed by atoms with Gasteiger partial charge < -0.3 is 5.32 Å². The van der Waals surface area contributed by atoms with Crippen molar-refractivity contribution in [1.82, 2.24) is 4.31 Å². The van der Waals surface area contributed by atoms with E-state index < -0.39 is 10.0 Å². The molecule has 1 fully saturated rings. The molecule has 26 heavy (non-hydrogen) atoms. The summed E-state index contributed by atoms with van der Waals surface area (Å²) in [7, 11) is -3.55. The van der Waals surface area contributed by atoms with Crippen molar-refractivity contribution in [3.63, 3.8) is 0 Å². The van der Waals surface area contributed by atoms with Crippen LogP contribution in [0.1, 0.15) is 35.2 Å². The standard InChI is InChI=1S/C19H21ClN2O3S/c1-14-8-9-17(26(24,25)22-10-3-2-4-11-22)13-18(14)21-19(23)15-6-5-7-16(20)12-15/h5-9,12-13H,2-4,10-11H2,1H3,(H,21,23). The highest BCUT2D eigenvalue weighted by atomic mass is 35.5. The Balaban J connectivity index is 1.87. The largest absolute Gasteiger partial charge is 0.322 e. The smallest absolute Gasteiger partial charge is 0.255 e. The first-order valence-electron chi connectivity index (χ1n) is 8.55. The minimum atomic E-state index is -3.55. The van der Waals surface area contributed by atoms with Crippen LogP contribution in [-0.2, 0) is 10.0 Å². The number of aryl methyl sites for hydroxylation is 1. The highest BCUT2D eigenvalue weighted by Gasteiger charge is 2.26. The summed E-state index contributed by atoms with van der Waals surface area (Å²) in [4.78, 5) is 12.7. The second-order valence-corrected chi connectivity index (χ2v) is 8.78. The third-order valence-electron chi connectivity index (χ3n) is 4.50. The van der Waals surface area contributed by atoms with E-state index in [1.54, 1.807) is 36.4 Å². The first-order chi connectivity index (χ1) is 12.4. The molecule has 0 spiro atoms. The van der Waals surface area contributed by atoms with Crippen LogP contribution in [0.5, 0.6) is 0 Å². The van der Waals surface area contributed by atoms with Gasteiger partial charge in [0.1, 0.15) is 0 Å². The van der Waals surface area contributed by atoms with Gasteiger partial charge in [-0.25, -0.2) is 8.42 Å². The number of benzene rings is 2. The molecule has 1 amide bonds. The van der Waals surface area contributed by atoms with Crippen molar-refractivity contribution in [3.05, 3.63) is 58.6 Å². The second kappa shape index (κ2) is 7.78. The molecule has 0 aliphatic carbocycles. The molecule has 2 aromatic rings. The van der Waals surface area contributed by atoms with Gasteiger partial charge in [-0.15, -0.1) is 0 Å². The molecule has 0 bridgehead atoms. The first kappa shape index (κ1) is 18.9. The maximum absolute atomic E-state index is 12.8. The molecule has 1 heterocycles. The van der Waals surface area contributed by atoms with E-state index in [-0.39, 0.29) is 10.8 Å². The number of piperidine rings is 1. The van der Waals surface area contributed by atoms with Gasteiger partial charge in [-0.2, -0.15) is 4.31 Å². The molecular formula is C19H21ClN2O3S. The minimum Gasteiger partial charge on any atom is -0.322 e. The predicted octanol–water partition coefficient (Wildman–Crippen LogP) is 4.08. The Morgan fingerprint density at radius 1 is 1.08 bits per heavy atom. The van der Waals surface area contributed by atoms with Crippen molar-refractivity contribution in [2.24, 2.45) is 0 Å². The molecule has 0 radical (unpaired) electrons. The summed E-state index contributed by atoms with van der Waals surface area (Å²) in [6.45, 7) is 2.91. The number of sulfonamides is 1. The van der Waals surface area contributed by atoms with Crippen molar-refractivity contribution in [2.75, 3.05) is 18.4 Å². The zero-order valence-corrected chi connectivity index (χ0v) is 16.1. The van der Waals surface area contributed by atoms with Gasteiger partial charge in [0.25, 0.3) is 5.91 Å². The monoisotopic (exact) mass is 392 g/mol. The van der Waals surface area contributed by atoms with Gasteiger partial charge in [0.15, 0.2) is 0 Å². The fourth-order valence-corrected chi connectivity index (χ4v) is 4.71. The lowest BCUT2D eigenvalue weighted by molar-refractivity contribution is 0.102. The topological polar surface area (TPSA) is 66.5 Å². The van der Waals surface area contributed by atoms with Crippen LogP contribution in [0.15, 0.2) is 47.4 Å². The van der Waals surface area contributed by atoms with Crippen molar-refractivity contribution >= 4 is 33.2 Å². The lowest BCUT2D eigenvalue weighted by Gasteiger charge is -2.26. The molecule has 7 heteroatoms. The summed E-state index contributed by atoms with van der Waals surface area (Å²) in [5, 5.41) is 3.26. The lowest BCUT2D eigenvalue weighted by atomic mass is 10.1. The number of nitrogens with zero attached hydrogens (tertiary/aromatic N) is 1. The van der Waals surface area contributed by atoms with E-state index in [4.69, 9.17) is 11.6 Å². The summed E-state index contributed by atoms with van der Waals surface area (Å²) >= 11 is 5.93. The summed E-state index contributed by atoms with van der Waals surface area (Å²) < 4.78 is 27.2. The average Bonchev–Trinajstić information content (AvgIpc) is 2.64. The van der Waals surface area contributed by atoms with Crippen molar-refractivity contribution in [2.45, 2.75) is 31.1 Å². The highest BCUT2D eigenvalue weighted by molar-refractivity contribution is 7.89. The first-order valence-corrected chi connectivity index (χ1v) is 10.4. The number of carbonyl (C=O) groups is 1. The maximum Gasteiger partial charge on any atom is 0.255 e. The van der Waals surface area contributed by atoms with Crippen LogP contribution in [0.4, 0.5) is 5.69 Å². The van der Waals surface area contributed by atoms with Gasteiger partial charge in [-0.1, -0.05) is 30.2 Å². The molecule has 0 aromatic heterocycles. The molecule has 1 saturated heterocycles. The van der Waals surface area contributed by atoms with E-state index in [2.05, 4.69) is 5.32 Å². The van der Waals surface area contributed by atoms with Crippen LogP contribution >= 0.6 is 11.6 Å². The van der Waals surface area contributed by atoms with Gasteiger partial charge in [-0.05, 0) is 55.7 Å². The Morgan fingerprint density at radius 2 is 1.81 bits per heavy atom. The van der Waals surface area contributed by atoms with Gasteiger partial charge in [0.2, 0.25) is 10.0 Å². The number of rotatable bonds is 4. The quantitative estimate of drug-likeness (QED) is 0.852. The van der Waals surface area contributed by atoms with Gasteiger partial charge in [0, 0.05) is 29.4 Å². The molecule has 138 valence electrons. The van der Waals surface area contributed by atoms with Crippen molar-refractivity contribution in [3.8, 4) is 0 Å². The van der Waals surface area contributed by atoms with Crippen LogP contribution in [-0.4, -0.2) is 31.7 Å². The SMILES string of the molecule is Cc1ccc(S(=O)(=O)N2CCCCC2)cc1NC(=O)c1cccc(Cl)c1. The van der Waals surface area contributed by atoms with E-state index in [0.717, 1.165) is 24.8 Å². The van der Waals surface area contributed by atoms with E-state index in [9.17, 15) is 13.2 Å². The number of hydrogen-bond donors (Lipinski definition) is 1. The maximum atomic E-state index is 12.8. The average molecular weight is 393 g/mol. The van der Waals surface area contributed by atoms with Gasteiger partial charge in [-0.3, -0.25) is 4.79 Å². The fourth-order valence-electron chi connectivity index (χ4n) is 2.97. The summed E-state index contributed by atoms with van der Waals surface area (Å²) in [6.07, 6.45) is 2.81. The van der Waals surface area contributed by atoms with Crippen molar-refractivity contribution in [1.29, 1.82) is 0 Å². The second-order valence-electron chi connectivity index (χ2n) is 6.41. The van der Waals surface area contributed by atoms with Crippen LogP contribution in [0, 0.1) is 6.92 Å². The van der Waals surface area contributed by atoms with Crippen LogP contribution in [0.3, 0.4) is 0 Å². The third kappa shape index (κ3) is 4.09. The summed E-state index contributed by atoms with van der Waals surface area (Å²) in [6, 6.07) is 11.4. The van der Waals surface area contributed by atoms with Crippen LogP contribution in [0.2, 0.25) is 5.02 Å². The molecule has 0 saturated carbocycles. The molecule has 1 N–H and O–H groups in total. The Hall–Kier alpha value is -1.89. The number of carbonyl (C=O) groups excluding carboxylic acids is 1. The molecule has 1 aliphatic heterocycles. The molecule has 0 atom stereocenters. The van der Waals surface area contributed by atoms with Gasteiger partial charge in [0.05, 0.1) is 4.90 Å². The number of amides is 1. The van der Waals surface area contributed by atoms with Crippen LogP contribution in [0.25, 0.3) is 0 Å². The lowest BCUT2D eigenvalue weighted by Crippen LogP contribution is -2.35. The molecule has 2 aromatic carbocycles. The highest BCUT2D eigenvalue weighted by Crippen LogP contribution is 2.25. The Kier molecular flexibility index (Phi) is 5.65. The normalized spacial score (nSPS) is 15.6. The van der Waals surface area contributed by atoms with E-state index in [1.165, 1.54) is 10.4 Å². The Labute approximate surface area is 159 Å². The predicted molar refractivity (Wildman–Crippen MR) is 103 cm³/mol. The number of anilines is 1. The molecule has 1 aliphatic rings. The van der Waals surface area contributed by atoms with E-state index in [1.807, 2.05) is 6.92 Å². The summed E-state index contributed by atoms with van der Waals surface area (Å²) in [5.74, 6) is -0.330. The fraction of sp³-hybridized carbons (Fsp3) is 0.316. The number of hydrogen-bond acceptors (Lipinski definition) is 3. The Morgan fingerprint density at radius 3 is 2.50 bits per heavy atom. The molecule has 0 unspecified atom stereocenters. The third-order valence-corrected chi connectivity index (χ3v) is 6.63. The van der Waals surface area contributed by atoms with Crippen molar-refractivity contribution < 1.29 is 13.2 Å². The molecule has 5 nitrogen and oxygen atoms in total. The van der Waals surface area contributed by atoms with Crippen LogP contribution < -0.4 is 5.32 Å². The zero-order chi connectivity index (χ0) is 18.7. The van der Waals surface area contributed by atoms with E-state index in [0.29, 0.717) is 29.4 Å². The molecule has 3 rings (SSSR count). The van der Waals surface area contributed by atoms with Gasteiger partial charge >= 0.3 is 0 Å². The number of nitrogens with one attached hydrogen (secondary N) is 1. The minimum absolute atomic E-state index is 0.200.